The summed E-state index contributed by atoms with van der Waals surface area (Å²) in [7, 11) is 0. The van der Waals surface area contributed by atoms with Gasteiger partial charge in [0.2, 0.25) is 0 Å². The second-order valence-electron chi connectivity index (χ2n) is 5.22. The van der Waals surface area contributed by atoms with E-state index in [2.05, 4.69) is 51.8 Å². The number of aromatic nitrogens is 3. The molecule has 3 aromatic rings. The number of nitrogens with zero attached hydrogens (tertiary/aromatic N) is 4. The van der Waals surface area contributed by atoms with E-state index in [9.17, 15) is 0 Å². The fraction of sp³-hybridized carbons (Fsp3) is 0.176. The maximum absolute atomic E-state index is 4.20. The largest absolute Gasteiger partial charge is 0.348 e. The van der Waals surface area contributed by atoms with E-state index in [4.69, 9.17) is 0 Å². The summed E-state index contributed by atoms with van der Waals surface area (Å²) in [5, 5.41) is 8.37. The number of allylic oxidation sites excluding steroid dienone is 1. The van der Waals surface area contributed by atoms with Crippen LogP contribution < -0.4 is 4.90 Å². The molecule has 0 radical (unpaired) electrons. The second kappa shape index (κ2) is 5.05. The molecule has 1 aliphatic rings. The molecule has 1 aromatic heterocycles. The van der Waals surface area contributed by atoms with Crippen molar-refractivity contribution in [1.82, 2.24) is 15.0 Å². The Morgan fingerprint density at radius 1 is 1.05 bits per heavy atom. The third kappa shape index (κ3) is 2.18. The van der Waals surface area contributed by atoms with Gasteiger partial charge in [-0.3, -0.25) is 0 Å². The highest BCUT2D eigenvalue weighted by Gasteiger charge is 2.15. The van der Waals surface area contributed by atoms with Gasteiger partial charge >= 0.3 is 0 Å². The van der Waals surface area contributed by atoms with E-state index in [0.717, 1.165) is 30.5 Å². The number of hydrogen-bond acceptors (Lipinski definition) is 3. The summed E-state index contributed by atoms with van der Waals surface area (Å²) in [5.74, 6) is 0. The third-order valence-electron chi connectivity index (χ3n) is 3.91. The van der Waals surface area contributed by atoms with Gasteiger partial charge < -0.3 is 4.90 Å². The van der Waals surface area contributed by atoms with Crippen LogP contribution in [0.5, 0.6) is 0 Å². The Bertz CT molecular complexity index is 803. The van der Waals surface area contributed by atoms with E-state index in [-0.39, 0.29) is 0 Å². The van der Waals surface area contributed by atoms with Crippen molar-refractivity contribution in [2.24, 2.45) is 0 Å². The van der Waals surface area contributed by atoms with E-state index >= 15 is 0 Å². The van der Waals surface area contributed by atoms with Crippen LogP contribution in [0.25, 0.3) is 11.0 Å². The Kier molecular flexibility index (Phi) is 2.92. The van der Waals surface area contributed by atoms with Gasteiger partial charge in [-0.25, -0.2) is 4.68 Å². The third-order valence-corrected chi connectivity index (χ3v) is 3.91. The Balaban J connectivity index is 1.52. The summed E-state index contributed by atoms with van der Waals surface area (Å²) in [6.07, 6.45) is 5.41. The van der Waals surface area contributed by atoms with Crippen molar-refractivity contribution in [2.75, 3.05) is 11.4 Å². The number of para-hydroxylation sites is 2. The van der Waals surface area contributed by atoms with Crippen LogP contribution in [0.4, 0.5) is 5.69 Å². The highest BCUT2D eigenvalue weighted by Crippen LogP contribution is 2.27. The molecule has 4 nitrogen and oxygen atoms in total. The van der Waals surface area contributed by atoms with Crippen molar-refractivity contribution in [3.05, 3.63) is 66.4 Å². The van der Waals surface area contributed by atoms with Crippen molar-refractivity contribution in [1.29, 1.82) is 0 Å². The van der Waals surface area contributed by atoms with Crippen molar-refractivity contribution in [3.8, 4) is 0 Å². The highest BCUT2D eigenvalue weighted by atomic mass is 15.4. The first-order valence-corrected chi connectivity index (χ1v) is 7.21. The lowest BCUT2D eigenvalue weighted by atomic mass is 10.2. The lowest BCUT2D eigenvalue weighted by molar-refractivity contribution is 0.681. The van der Waals surface area contributed by atoms with E-state index in [1.807, 2.05) is 28.9 Å². The molecule has 2 aromatic carbocycles. The van der Waals surface area contributed by atoms with Crippen LogP contribution in [0.1, 0.15) is 5.56 Å². The smallest absolute Gasteiger partial charge is 0.113 e. The van der Waals surface area contributed by atoms with Gasteiger partial charge in [-0.1, -0.05) is 35.5 Å². The minimum absolute atomic E-state index is 0.735. The zero-order chi connectivity index (χ0) is 14.1. The Morgan fingerprint density at radius 3 is 2.90 bits per heavy atom. The van der Waals surface area contributed by atoms with Crippen LogP contribution in [-0.2, 0) is 13.0 Å². The van der Waals surface area contributed by atoms with Gasteiger partial charge in [-0.2, -0.15) is 0 Å². The monoisotopic (exact) mass is 276 g/mol. The van der Waals surface area contributed by atoms with Crippen LogP contribution >= 0.6 is 0 Å². The summed E-state index contributed by atoms with van der Waals surface area (Å²) in [5.41, 5.74) is 4.76. The van der Waals surface area contributed by atoms with Gasteiger partial charge in [0.05, 0.1) is 12.1 Å². The molecule has 0 bridgehead atoms. The lowest BCUT2D eigenvalue weighted by Gasteiger charge is -2.13. The Labute approximate surface area is 123 Å². The summed E-state index contributed by atoms with van der Waals surface area (Å²) >= 11 is 0. The predicted octanol–water partition coefficient (Wildman–Crippen LogP) is 3.01. The molecule has 21 heavy (non-hydrogen) atoms. The van der Waals surface area contributed by atoms with Crippen molar-refractivity contribution >= 4 is 16.7 Å². The van der Waals surface area contributed by atoms with Gasteiger partial charge in [0.1, 0.15) is 5.52 Å². The van der Waals surface area contributed by atoms with Crippen molar-refractivity contribution in [2.45, 2.75) is 13.0 Å². The lowest BCUT2D eigenvalue weighted by Crippen LogP contribution is -2.12. The molecule has 1 aliphatic heterocycles. The van der Waals surface area contributed by atoms with Gasteiger partial charge in [-0.15, -0.1) is 5.10 Å². The highest BCUT2D eigenvalue weighted by molar-refractivity contribution is 5.73. The quantitative estimate of drug-likeness (QED) is 0.737. The number of hydrogen-bond donors (Lipinski definition) is 0. The molecule has 0 atom stereocenters. The summed E-state index contributed by atoms with van der Waals surface area (Å²) in [6, 6.07) is 16.6. The summed E-state index contributed by atoms with van der Waals surface area (Å²) in [6.45, 7) is 1.78. The molecule has 0 saturated carbocycles. The molecular formula is C17H16N4. The summed E-state index contributed by atoms with van der Waals surface area (Å²) in [4.78, 5) is 2.30. The fourth-order valence-corrected chi connectivity index (χ4v) is 2.85. The zero-order valence-corrected chi connectivity index (χ0v) is 11.7. The topological polar surface area (TPSA) is 34.0 Å². The van der Waals surface area contributed by atoms with E-state index in [1.54, 1.807) is 0 Å². The average Bonchev–Trinajstić information content (AvgIpc) is 3.13. The second-order valence-corrected chi connectivity index (χ2v) is 5.22. The van der Waals surface area contributed by atoms with Gasteiger partial charge in [0.15, 0.2) is 0 Å². The molecule has 0 fully saturated rings. The maximum Gasteiger partial charge on any atom is 0.113 e. The van der Waals surface area contributed by atoms with Gasteiger partial charge in [0, 0.05) is 18.4 Å². The summed E-state index contributed by atoms with van der Waals surface area (Å²) < 4.78 is 1.92. The predicted molar refractivity (Wildman–Crippen MR) is 84.2 cm³/mol. The first kappa shape index (κ1) is 12.1. The standard InChI is InChI=1S/C17H16N4/c1-3-8-16-14(6-1)10-13-20(16)11-5-12-21-17-9-4-2-7-15(17)18-19-21/h1-9,11H,10,12-13H2. The normalized spacial score (nSPS) is 14.2. The van der Waals surface area contributed by atoms with E-state index < -0.39 is 0 Å². The molecule has 0 saturated heterocycles. The minimum Gasteiger partial charge on any atom is -0.348 e. The molecule has 0 amide bonds. The molecule has 0 spiro atoms. The average molecular weight is 276 g/mol. The minimum atomic E-state index is 0.735. The van der Waals surface area contributed by atoms with E-state index in [0.29, 0.717) is 0 Å². The van der Waals surface area contributed by atoms with Gasteiger partial charge in [-0.05, 0) is 36.3 Å². The molecule has 0 unspecified atom stereocenters. The fourth-order valence-electron chi connectivity index (χ4n) is 2.85. The number of anilines is 1. The van der Waals surface area contributed by atoms with Crippen LogP contribution in [-0.4, -0.2) is 21.5 Å². The van der Waals surface area contributed by atoms with Crippen molar-refractivity contribution in [3.63, 3.8) is 0 Å². The SMILES string of the molecule is C(=CN1CCc2ccccc21)Cn1nnc2ccccc21. The number of rotatable bonds is 3. The van der Waals surface area contributed by atoms with Crippen LogP contribution in [0.15, 0.2) is 60.8 Å². The van der Waals surface area contributed by atoms with Crippen molar-refractivity contribution < 1.29 is 0 Å². The molecular weight excluding hydrogens is 260 g/mol. The first-order chi connectivity index (χ1) is 10.4. The van der Waals surface area contributed by atoms with E-state index in [1.165, 1.54) is 11.3 Å². The molecule has 4 heteroatoms. The molecule has 4 rings (SSSR count). The first-order valence-electron chi connectivity index (χ1n) is 7.21. The van der Waals surface area contributed by atoms with Gasteiger partial charge in [0.25, 0.3) is 0 Å². The number of fused-ring (bicyclic) bond motifs is 2. The van der Waals surface area contributed by atoms with Crippen LogP contribution in [0.2, 0.25) is 0 Å². The molecule has 0 N–H and O–H groups in total. The van der Waals surface area contributed by atoms with Crippen LogP contribution in [0.3, 0.4) is 0 Å². The molecule has 0 aliphatic carbocycles. The zero-order valence-electron chi connectivity index (χ0n) is 11.7. The van der Waals surface area contributed by atoms with Crippen LogP contribution in [0, 0.1) is 0 Å². The molecule has 104 valence electrons. The Hall–Kier alpha value is -2.62. The molecule has 2 heterocycles. The number of benzene rings is 2. The maximum atomic E-state index is 4.20. The Morgan fingerprint density at radius 2 is 1.90 bits per heavy atom.